The standard InChI is InChI=1S/C57H37N3S/c1-6-20-38(21-7-1)43-30-16-17-31-47(43)56-51(42-28-14-5-15-29-42)57(59-60-58-56)55-46(41-26-12-4-13-27-41)35-34-44(39-22-8-2-9-23-39)54(55)53-45(40-24-10-3-11-25-40)36-37-50-52(53)48-32-18-19-33-49(48)61-50/h1-37H. The summed E-state index contributed by atoms with van der Waals surface area (Å²) in [5, 5.41) is 17.3. The first kappa shape index (κ1) is 36.3. The molecule has 0 spiro atoms. The van der Waals surface area contributed by atoms with Crippen LogP contribution in [0.1, 0.15) is 0 Å². The minimum absolute atomic E-state index is 0.765. The summed E-state index contributed by atoms with van der Waals surface area (Å²) in [6, 6.07) is 79.9. The van der Waals surface area contributed by atoms with Crippen LogP contribution in [0.15, 0.2) is 224 Å². The smallest absolute Gasteiger partial charge is 0.106 e. The molecule has 0 N–H and O–H groups in total. The number of benzene rings is 9. The summed E-state index contributed by atoms with van der Waals surface area (Å²) in [6.45, 7) is 0. The Balaban J connectivity index is 1.37. The Labute approximate surface area is 358 Å². The number of fused-ring (bicyclic) bond motifs is 3. The zero-order chi connectivity index (χ0) is 40.5. The largest absolute Gasteiger partial charge is 0.135 e. The van der Waals surface area contributed by atoms with Crippen molar-refractivity contribution in [3.8, 4) is 89.3 Å². The van der Waals surface area contributed by atoms with Crippen LogP contribution in [0.25, 0.3) is 109 Å². The third kappa shape index (κ3) is 6.51. The van der Waals surface area contributed by atoms with Crippen LogP contribution >= 0.6 is 11.3 Å². The summed E-state index contributed by atoms with van der Waals surface area (Å²) in [5.74, 6) is 0. The zero-order valence-corrected chi connectivity index (χ0v) is 33.9. The van der Waals surface area contributed by atoms with Gasteiger partial charge < -0.3 is 0 Å². The molecule has 0 bridgehead atoms. The van der Waals surface area contributed by atoms with Gasteiger partial charge in [-0.15, -0.1) is 21.5 Å². The first-order chi connectivity index (χ1) is 30.3. The van der Waals surface area contributed by atoms with Crippen molar-refractivity contribution in [2.24, 2.45) is 0 Å². The highest BCUT2D eigenvalue weighted by Gasteiger charge is 2.29. The lowest BCUT2D eigenvalue weighted by Crippen LogP contribution is -2.04. The Kier molecular flexibility index (Phi) is 9.38. The molecule has 61 heavy (non-hydrogen) atoms. The van der Waals surface area contributed by atoms with E-state index in [0.29, 0.717) is 0 Å². The number of rotatable bonds is 8. The van der Waals surface area contributed by atoms with Gasteiger partial charge >= 0.3 is 0 Å². The zero-order valence-electron chi connectivity index (χ0n) is 33.1. The molecule has 0 amide bonds. The molecule has 0 aliphatic carbocycles. The maximum atomic E-state index is 5.19. The molecule has 0 saturated heterocycles. The lowest BCUT2D eigenvalue weighted by Gasteiger charge is -2.24. The van der Waals surface area contributed by atoms with E-state index in [9.17, 15) is 0 Å². The van der Waals surface area contributed by atoms with Crippen LogP contribution in [0.3, 0.4) is 0 Å². The topological polar surface area (TPSA) is 38.7 Å². The molecule has 9 aromatic carbocycles. The van der Waals surface area contributed by atoms with Gasteiger partial charge in [-0.3, -0.25) is 0 Å². The summed E-state index contributed by atoms with van der Waals surface area (Å²) >= 11 is 1.84. The van der Waals surface area contributed by atoms with Crippen LogP contribution in [0.5, 0.6) is 0 Å². The van der Waals surface area contributed by atoms with Crippen molar-refractivity contribution in [1.29, 1.82) is 0 Å². The normalized spacial score (nSPS) is 11.3. The van der Waals surface area contributed by atoms with Gasteiger partial charge in [0.15, 0.2) is 0 Å². The van der Waals surface area contributed by atoms with Crippen molar-refractivity contribution < 1.29 is 0 Å². The van der Waals surface area contributed by atoms with Crippen LogP contribution < -0.4 is 0 Å². The Hall–Kier alpha value is -7.79. The fourth-order valence-corrected chi connectivity index (χ4v) is 10.00. The van der Waals surface area contributed by atoms with E-state index >= 15 is 0 Å². The molecule has 286 valence electrons. The summed E-state index contributed by atoms with van der Waals surface area (Å²) in [4.78, 5) is 0. The van der Waals surface area contributed by atoms with E-state index in [0.717, 1.165) is 89.3 Å². The van der Waals surface area contributed by atoms with Gasteiger partial charge in [-0.2, -0.15) is 0 Å². The number of thiophene rings is 1. The molecule has 4 heteroatoms. The van der Waals surface area contributed by atoms with E-state index < -0.39 is 0 Å². The van der Waals surface area contributed by atoms with Crippen molar-refractivity contribution >= 4 is 31.5 Å². The van der Waals surface area contributed by atoms with E-state index in [-0.39, 0.29) is 0 Å². The van der Waals surface area contributed by atoms with Gasteiger partial charge in [0.05, 0.1) is 0 Å². The third-order valence-corrected chi connectivity index (χ3v) is 12.7. The van der Waals surface area contributed by atoms with Crippen LogP contribution in [-0.2, 0) is 0 Å². The van der Waals surface area contributed by atoms with Gasteiger partial charge in [0.1, 0.15) is 11.4 Å². The van der Waals surface area contributed by atoms with E-state index in [1.807, 2.05) is 11.3 Å². The molecule has 2 heterocycles. The van der Waals surface area contributed by atoms with E-state index in [1.165, 1.54) is 20.2 Å². The number of hydrogen-bond acceptors (Lipinski definition) is 4. The molecule has 3 nitrogen and oxygen atoms in total. The predicted molar refractivity (Wildman–Crippen MR) is 256 cm³/mol. The molecular formula is C57H37N3S. The molecule has 11 rings (SSSR count). The Morgan fingerprint density at radius 2 is 0.689 bits per heavy atom. The fourth-order valence-electron chi connectivity index (χ4n) is 8.88. The lowest BCUT2D eigenvalue weighted by atomic mass is 9.79. The van der Waals surface area contributed by atoms with Gasteiger partial charge in [0, 0.05) is 48.0 Å². The second-order valence-corrected chi connectivity index (χ2v) is 16.2. The molecule has 0 aliphatic rings. The van der Waals surface area contributed by atoms with Crippen LogP contribution in [0, 0.1) is 0 Å². The van der Waals surface area contributed by atoms with E-state index in [1.54, 1.807) is 0 Å². The van der Waals surface area contributed by atoms with E-state index in [4.69, 9.17) is 15.4 Å². The summed E-state index contributed by atoms with van der Waals surface area (Å²) in [5.41, 5.74) is 16.6. The van der Waals surface area contributed by atoms with Crippen LogP contribution in [0.2, 0.25) is 0 Å². The minimum atomic E-state index is 0.765. The fraction of sp³-hybridized carbons (Fsp3) is 0. The van der Waals surface area contributed by atoms with Crippen LogP contribution in [-0.4, -0.2) is 15.4 Å². The molecule has 0 unspecified atom stereocenters. The SMILES string of the molecule is c1ccc(-c2ccccc2-c2nnnc(-c3c(-c4ccccc4)ccc(-c4ccccc4)c3-c3c(-c4ccccc4)ccc4sc5ccccc5c34)c2-c2ccccc2)cc1. The summed E-state index contributed by atoms with van der Waals surface area (Å²) in [6.07, 6.45) is 0. The Morgan fingerprint density at radius 1 is 0.262 bits per heavy atom. The molecule has 0 aliphatic heterocycles. The molecule has 11 aromatic rings. The summed E-state index contributed by atoms with van der Waals surface area (Å²) < 4.78 is 2.48. The minimum Gasteiger partial charge on any atom is -0.135 e. The quantitative estimate of drug-likeness (QED) is 0.154. The number of hydrogen-bond donors (Lipinski definition) is 0. The van der Waals surface area contributed by atoms with Gasteiger partial charge in [-0.25, -0.2) is 0 Å². The highest BCUT2D eigenvalue weighted by molar-refractivity contribution is 7.26. The highest BCUT2D eigenvalue weighted by Crippen LogP contribution is 2.54. The van der Waals surface area contributed by atoms with Crippen molar-refractivity contribution in [2.75, 3.05) is 0 Å². The molecule has 0 saturated carbocycles. The second kappa shape index (κ2) is 15.8. The lowest BCUT2D eigenvalue weighted by molar-refractivity contribution is 0.879. The number of nitrogens with zero attached hydrogens (tertiary/aromatic N) is 3. The second-order valence-electron chi connectivity index (χ2n) is 15.1. The van der Waals surface area contributed by atoms with Gasteiger partial charge in [-0.05, 0) is 67.4 Å². The molecule has 0 fully saturated rings. The molecule has 0 radical (unpaired) electrons. The molecular weight excluding hydrogens is 759 g/mol. The van der Waals surface area contributed by atoms with E-state index in [2.05, 4.69) is 224 Å². The molecule has 2 aromatic heterocycles. The number of aromatic nitrogens is 3. The van der Waals surface area contributed by atoms with Gasteiger partial charge in [0.2, 0.25) is 0 Å². The third-order valence-electron chi connectivity index (χ3n) is 11.6. The average molecular weight is 796 g/mol. The average Bonchev–Trinajstić information content (AvgIpc) is 3.73. The molecule has 0 atom stereocenters. The monoisotopic (exact) mass is 795 g/mol. The Bertz CT molecular complexity index is 3330. The summed E-state index contributed by atoms with van der Waals surface area (Å²) in [7, 11) is 0. The Morgan fingerprint density at radius 3 is 1.28 bits per heavy atom. The predicted octanol–water partition coefficient (Wildman–Crippen LogP) is 15.6. The van der Waals surface area contributed by atoms with Crippen molar-refractivity contribution in [3.63, 3.8) is 0 Å². The van der Waals surface area contributed by atoms with Crippen molar-refractivity contribution in [1.82, 2.24) is 15.4 Å². The van der Waals surface area contributed by atoms with Crippen molar-refractivity contribution in [2.45, 2.75) is 0 Å². The first-order valence-electron chi connectivity index (χ1n) is 20.5. The van der Waals surface area contributed by atoms with Gasteiger partial charge in [-0.1, -0.05) is 212 Å². The highest BCUT2D eigenvalue weighted by atomic mass is 32.1. The maximum Gasteiger partial charge on any atom is 0.106 e. The van der Waals surface area contributed by atoms with Crippen LogP contribution in [0.4, 0.5) is 0 Å². The van der Waals surface area contributed by atoms with Gasteiger partial charge in [0.25, 0.3) is 0 Å². The van der Waals surface area contributed by atoms with Crippen molar-refractivity contribution in [3.05, 3.63) is 224 Å². The maximum absolute atomic E-state index is 5.19. The first-order valence-corrected chi connectivity index (χ1v) is 21.4.